The predicted molar refractivity (Wildman–Crippen MR) is 492 cm³/mol. The quantitative estimate of drug-likeness (QED) is 0.00811. The number of aldehydes is 1. The molecule has 11 rings (SSSR count). The van der Waals surface area contributed by atoms with Crippen LogP contribution < -0.4 is 60.7 Å². The minimum absolute atomic E-state index is 0.0293. The molecule has 0 spiro atoms. The Balaban J connectivity index is 0.000000236. The lowest BCUT2D eigenvalue weighted by atomic mass is 9.78. The minimum atomic E-state index is -0.761. The molecule has 5 aliphatic rings. The number of rotatable bonds is 32. The van der Waals surface area contributed by atoms with Crippen LogP contribution in [-0.4, -0.2) is 119 Å². The molecule has 25 nitrogen and oxygen atoms in total. The smallest absolute Gasteiger partial charge is 0.461 e. The number of carbonyl (C=O) groups excluding carboxylic acids is 9. The second-order valence-electron chi connectivity index (χ2n) is 32.2. The van der Waals surface area contributed by atoms with E-state index in [0.29, 0.717) is 77.5 Å². The summed E-state index contributed by atoms with van der Waals surface area (Å²) >= 11 is 12.3. The Bertz CT molecular complexity index is 4340. The number of benzene rings is 4. The third-order valence-electron chi connectivity index (χ3n) is 23.7. The van der Waals surface area contributed by atoms with Crippen LogP contribution in [0.2, 0.25) is 0 Å². The average Bonchev–Trinajstić information content (AvgIpc) is 1.62. The Morgan fingerprint density at radius 3 is 1.16 bits per heavy atom. The van der Waals surface area contributed by atoms with E-state index in [2.05, 4.69) is 126 Å². The van der Waals surface area contributed by atoms with E-state index in [1.807, 2.05) is 116 Å². The van der Waals surface area contributed by atoms with E-state index in [4.69, 9.17) is 56.9 Å². The zero-order valence-corrected chi connectivity index (χ0v) is 78.8. The Morgan fingerprint density at radius 2 is 0.802 bits per heavy atom. The van der Waals surface area contributed by atoms with Crippen molar-refractivity contribution in [3.8, 4) is 10.4 Å². The number of nitrogens with one attached hydrogen (secondary N) is 5. The van der Waals surface area contributed by atoms with E-state index < -0.39 is 46.0 Å². The molecule has 4 aliphatic carbocycles. The second kappa shape index (κ2) is 49.3. The summed E-state index contributed by atoms with van der Waals surface area (Å²) in [4.78, 5) is 106. The van der Waals surface area contributed by atoms with Gasteiger partial charge in [-0.15, -0.1) is 22.7 Å². The van der Waals surface area contributed by atoms with Gasteiger partial charge in [0.2, 0.25) is 0 Å². The summed E-state index contributed by atoms with van der Waals surface area (Å²) in [6.07, 6.45) is 23.8. The van der Waals surface area contributed by atoms with Gasteiger partial charge in [0.05, 0.1) is 26.1 Å². The molecule has 0 unspecified atom stereocenters. The summed E-state index contributed by atoms with van der Waals surface area (Å²) < 4.78 is 37.9. The van der Waals surface area contributed by atoms with Crippen molar-refractivity contribution in [1.29, 1.82) is 0 Å². The van der Waals surface area contributed by atoms with Crippen LogP contribution in [-0.2, 0) is 67.1 Å². The first-order chi connectivity index (χ1) is 57.4. The molecule has 4 saturated carbocycles. The van der Waals surface area contributed by atoms with Crippen molar-refractivity contribution in [3.05, 3.63) is 155 Å². The highest BCUT2D eigenvalue weighted by molar-refractivity contribution is 9.11. The normalized spacial score (nSPS) is 15.9. The van der Waals surface area contributed by atoms with Gasteiger partial charge in [-0.3, -0.25) is 60.1 Å². The Morgan fingerprint density at radius 1 is 0.455 bits per heavy atom. The molecular weight excluding hydrogens is 1780 g/mol. The molecule has 0 bridgehead atoms. The number of ether oxygens (including phenoxy) is 4. The molecule has 3 heterocycles. The van der Waals surface area contributed by atoms with Crippen molar-refractivity contribution in [1.82, 2.24) is 16.0 Å². The second-order valence-corrected chi connectivity index (χ2v) is 37.5. The van der Waals surface area contributed by atoms with Crippen molar-refractivity contribution >= 4 is 147 Å². The molecule has 4 aromatic carbocycles. The lowest BCUT2D eigenvalue weighted by Gasteiger charge is -2.32. The van der Waals surface area contributed by atoms with Crippen LogP contribution in [0.5, 0.6) is 0 Å². The largest absolute Gasteiger partial charge is 0.494 e. The van der Waals surface area contributed by atoms with Gasteiger partial charge in [-0.05, 0) is 268 Å². The third kappa shape index (κ3) is 30.7. The average molecular weight is 1900 g/mol. The maximum Gasteiger partial charge on any atom is 0.494 e. The maximum absolute atomic E-state index is 13.0. The Hall–Kier alpha value is -7.43. The minimum Gasteiger partial charge on any atom is -0.461 e. The number of halogens is 3. The summed E-state index contributed by atoms with van der Waals surface area (Å²) in [6, 6.07) is 33.1. The number of urea groups is 2. The van der Waals surface area contributed by atoms with Crippen LogP contribution in [0.15, 0.2) is 122 Å². The van der Waals surface area contributed by atoms with Crippen molar-refractivity contribution in [3.63, 3.8) is 0 Å². The highest BCUT2D eigenvalue weighted by atomic mass is 79.9. The molecule has 1 aliphatic heterocycles. The van der Waals surface area contributed by atoms with E-state index in [9.17, 15) is 43.2 Å². The van der Waals surface area contributed by atoms with E-state index in [0.717, 1.165) is 138 Å². The highest BCUT2D eigenvalue weighted by Crippen LogP contribution is 2.39. The van der Waals surface area contributed by atoms with Crippen molar-refractivity contribution < 1.29 is 71.4 Å². The molecule has 121 heavy (non-hydrogen) atoms. The molecule has 664 valence electrons. The molecular formula is C90H128BBr3N10O15S2. The molecule has 6 aromatic rings. The van der Waals surface area contributed by atoms with Crippen LogP contribution in [0.1, 0.15) is 285 Å². The van der Waals surface area contributed by atoms with E-state index in [1.165, 1.54) is 54.4 Å². The summed E-state index contributed by atoms with van der Waals surface area (Å²) in [5, 5.41) is 15.8. The first-order valence-corrected chi connectivity index (χ1v) is 46.5. The Labute approximate surface area is 748 Å². The van der Waals surface area contributed by atoms with Crippen LogP contribution >= 0.6 is 70.5 Å². The molecule has 1 saturated heterocycles. The van der Waals surface area contributed by atoms with E-state index in [1.54, 1.807) is 18.2 Å². The summed E-state index contributed by atoms with van der Waals surface area (Å²) in [6.45, 7) is 26.0. The summed E-state index contributed by atoms with van der Waals surface area (Å²) in [5.74, 6) is -1.83. The Kier molecular flexibility index (Phi) is 41.7. The predicted octanol–water partition coefficient (Wildman–Crippen LogP) is 18.2. The number of nitrogens with two attached hydrogens (primary N) is 5. The zero-order valence-electron chi connectivity index (χ0n) is 72.4. The van der Waals surface area contributed by atoms with Gasteiger partial charge in [-0.25, -0.2) is 9.59 Å². The molecule has 0 radical (unpaired) electrons. The molecule has 2 aromatic heterocycles. The van der Waals surface area contributed by atoms with Crippen LogP contribution in [0.3, 0.4) is 0 Å². The van der Waals surface area contributed by atoms with Gasteiger partial charge in [0, 0.05) is 39.0 Å². The van der Waals surface area contributed by atoms with E-state index in [-0.39, 0.29) is 77.7 Å². The van der Waals surface area contributed by atoms with Crippen LogP contribution in [0.4, 0.5) is 19.6 Å². The number of carbonyl (C=O) groups is 9. The number of hydrogen-bond acceptors (Lipinski definition) is 21. The van der Waals surface area contributed by atoms with Crippen molar-refractivity contribution in [2.24, 2.45) is 28.7 Å². The topological polar surface area (TPSA) is 399 Å². The van der Waals surface area contributed by atoms with Gasteiger partial charge in [0.25, 0.3) is 11.8 Å². The number of esters is 4. The number of primary amides is 4. The number of hydrogen-bond donors (Lipinski definition) is 10. The van der Waals surface area contributed by atoms with Crippen LogP contribution in [0, 0.1) is 0 Å². The standard InChI is InChI=1S/C24H38BNO4.C24H32N4O4S.C18H26BrNO2.C11H21NO2.C7H5BrO.C6H6BrN3O2S/c1-7-24(8-2,21(27)28-20-14-9-10-15-20)26-17-18-12-11-13-19(16-18)25-29-22(3,4)23(5,6)30-25;1-3-24(4-2,22(30)32-17-10-5-6-11-17)27-14-15-8-7-9-16(12-15)19-13-18(20(25)29)21(33-19)28-23(26)31;1-3-18(4-2,17(21)22-16-10-5-6-11-16)20-13-14-8-7-9-15(19)12-14;1-3-11(12,4-2)10(13)14-9-7-5-6-8-9;8-7-3-1-2-6(4-7)5-9;7-3-1-2(4(8)11)5(13-3)10-6(9)12/h11-13,16,20,26H,7-10,14-15,17H2,1-6H3;7-9,12-13,17,27H,3-6,10-11,14H2,1-2H3,(H2,25,29)(H3,26,28,31);7-9,12,16,20H,3-6,10-11,13H2,1-2H3;9H,3-8,12H2,1-2H3;1-5H;1H,(H2,8,11)(H3,9,10,12). The lowest BCUT2D eigenvalue weighted by Crippen LogP contribution is -2.52. The molecule has 15 N–H and O–H groups in total. The van der Waals surface area contributed by atoms with Crippen LogP contribution in [0.25, 0.3) is 10.4 Å². The van der Waals surface area contributed by atoms with Gasteiger partial charge in [0.15, 0.2) is 0 Å². The third-order valence-corrected chi connectivity index (χ3v) is 27.3. The SMILES string of the molecule is CCC(CC)(NCc1cccc(-c2cc(C(N)=O)c(NC(N)=O)s2)c1)C(=O)OC1CCCC1.CCC(CC)(NCc1cccc(B2OC(C)(C)C(C)(C)O2)c1)C(=O)OC1CCCC1.CCC(CC)(NCc1cccc(Br)c1)C(=O)OC1CCCC1.CCC(N)(CC)C(=O)OC1CCCC1.NC(=O)Nc1sc(Br)cc1C(N)=O.O=Cc1cccc(Br)c1. The maximum atomic E-state index is 13.0. The first kappa shape index (κ1) is 102. The van der Waals surface area contributed by atoms with Gasteiger partial charge >= 0.3 is 43.1 Å². The van der Waals surface area contributed by atoms with Gasteiger partial charge in [-0.2, -0.15) is 0 Å². The summed E-state index contributed by atoms with van der Waals surface area (Å²) in [7, 11) is -0.385. The number of anilines is 2. The molecule has 5 fully saturated rings. The molecule has 31 heteroatoms. The fourth-order valence-electron chi connectivity index (χ4n) is 14.6. The first-order valence-electron chi connectivity index (χ1n) is 42.5. The number of thiophene rings is 2. The van der Waals surface area contributed by atoms with Crippen molar-refractivity contribution in [2.75, 3.05) is 10.6 Å². The van der Waals surface area contributed by atoms with E-state index >= 15 is 0 Å². The number of amides is 6. The van der Waals surface area contributed by atoms with Gasteiger partial charge < -0.3 is 56.9 Å². The molecule has 0 atom stereocenters. The molecule has 6 amide bonds. The van der Waals surface area contributed by atoms with Crippen molar-refractivity contribution in [2.45, 2.75) is 315 Å². The van der Waals surface area contributed by atoms with Gasteiger partial charge in [0.1, 0.15) is 62.9 Å². The fourth-order valence-corrected chi connectivity index (χ4v) is 18.0. The zero-order chi connectivity index (χ0) is 89.3. The highest BCUT2D eigenvalue weighted by Gasteiger charge is 2.52. The summed E-state index contributed by atoms with van der Waals surface area (Å²) in [5.41, 5.74) is 29.3. The van der Waals surface area contributed by atoms with Gasteiger partial charge in [-0.1, -0.05) is 154 Å². The fraction of sp³-hybridized carbons (Fsp3) is 0.544. The monoisotopic (exact) mass is 1900 g/mol. The lowest BCUT2D eigenvalue weighted by molar-refractivity contribution is -0.158.